The molecule has 2 aromatic rings. The Morgan fingerprint density at radius 1 is 1.56 bits per heavy atom. The van der Waals surface area contributed by atoms with E-state index in [-0.39, 0.29) is 5.91 Å². The van der Waals surface area contributed by atoms with E-state index in [1.807, 2.05) is 24.4 Å². The summed E-state index contributed by atoms with van der Waals surface area (Å²) in [5.41, 5.74) is 1.07. The van der Waals surface area contributed by atoms with Crippen molar-refractivity contribution in [2.75, 3.05) is 7.05 Å². The van der Waals surface area contributed by atoms with Gasteiger partial charge in [0.2, 0.25) is 5.91 Å². The second-order valence-corrected chi connectivity index (χ2v) is 4.59. The summed E-state index contributed by atoms with van der Waals surface area (Å²) in [6.45, 7) is 1.82. The highest BCUT2D eigenvalue weighted by Gasteiger charge is 1.94. The highest BCUT2D eigenvalue weighted by atomic mass is 79.9. The third kappa shape index (κ3) is 3.90. The van der Waals surface area contributed by atoms with Gasteiger partial charge >= 0.3 is 0 Å². The molecule has 16 heavy (non-hydrogen) atoms. The van der Waals surface area contributed by atoms with Crippen LogP contribution in [0.2, 0.25) is 0 Å². The van der Waals surface area contributed by atoms with Crippen molar-refractivity contribution in [1.82, 2.24) is 9.69 Å². The lowest BCUT2D eigenvalue weighted by Crippen LogP contribution is -2.15. The average molecular weight is 301 g/mol. The molecule has 0 saturated heterocycles. The molecule has 0 atom stereocenters. The first-order chi connectivity index (χ1) is 7.67. The van der Waals surface area contributed by atoms with Gasteiger partial charge in [-0.3, -0.25) is 4.79 Å². The molecule has 86 valence electrons. The zero-order valence-electron chi connectivity index (χ0n) is 9.16. The van der Waals surface area contributed by atoms with Gasteiger partial charge in [-0.2, -0.15) is 4.37 Å². The van der Waals surface area contributed by atoms with Crippen molar-refractivity contribution in [2.24, 2.45) is 0 Å². The quantitative estimate of drug-likeness (QED) is 0.879. The highest BCUT2D eigenvalue weighted by molar-refractivity contribution is 9.10. The second-order valence-electron chi connectivity index (χ2n) is 3.04. The highest BCUT2D eigenvalue weighted by Crippen LogP contribution is 2.19. The smallest absolute Gasteiger partial charge is 0.219 e. The maximum absolute atomic E-state index is 10.1. The number of nitrogens with one attached hydrogen (secondary N) is 1. The van der Waals surface area contributed by atoms with Crippen LogP contribution < -0.4 is 5.32 Å². The molecule has 1 aromatic heterocycles. The lowest BCUT2D eigenvalue weighted by Gasteiger charge is -1.87. The van der Waals surface area contributed by atoms with Crippen molar-refractivity contribution in [3.63, 3.8) is 0 Å². The van der Waals surface area contributed by atoms with Gasteiger partial charge in [0.05, 0.1) is 5.52 Å². The van der Waals surface area contributed by atoms with Crippen LogP contribution in [0.15, 0.2) is 28.1 Å². The number of hydrogen-bond acceptors (Lipinski definition) is 3. The van der Waals surface area contributed by atoms with E-state index in [9.17, 15) is 4.79 Å². The van der Waals surface area contributed by atoms with Crippen LogP contribution in [0.25, 0.3) is 10.9 Å². The number of benzene rings is 1. The zero-order chi connectivity index (χ0) is 12.0. The van der Waals surface area contributed by atoms with E-state index in [1.54, 1.807) is 7.05 Å². The van der Waals surface area contributed by atoms with Gasteiger partial charge in [0, 0.05) is 28.7 Å². The van der Waals surface area contributed by atoms with Gasteiger partial charge in [0.1, 0.15) is 0 Å². The van der Waals surface area contributed by atoms with E-state index in [0.29, 0.717) is 6.42 Å². The number of carbonyl (C=O) groups excluding carboxylic acids is 1. The minimum absolute atomic E-state index is 0.0926. The van der Waals surface area contributed by atoms with E-state index in [2.05, 4.69) is 31.7 Å². The molecule has 0 fully saturated rings. The fourth-order valence-electron chi connectivity index (χ4n) is 1.01. The Labute approximate surface area is 107 Å². The Kier molecular flexibility index (Phi) is 5.42. The number of hydrogen-bond donors (Lipinski definition) is 1. The molecule has 1 amide bonds. The van der Waals surface area contributed by atoms with Crippen molar-refractivity contribution in [3.05, 3.63) is 28.1 Å². The summed E-state index contributed by atoms with van der Waals surface area (Å²) < 4.78 is 5.28. The Hall–Kier alpha value is -0.940. The number of aromatic nitrogens is 1. The number of halogens is 1. The minimum Gasteiger partial charge on any atom is -0.359 e. The SMILES string of the molecule is Brc1ccc2csnc2c1.CCC(=O)NC. The summed E-state index contributed by atoms with van der Waals surface area (Å²) in [4.78, 5) is 10.1. The topological polar surface area (TPSA) is 42.0 Å². The number of nitrogens with zero attached hydrogens (tertiary/aromatic N) is 1. The van der Waals surface area contributed by atoms with Crippen molar-refractivity contribution in [3.8, 4) is 0 Å². The maximum Gasteiger partial charge on any atom is 0.219 e. The lowest BCUT2D eigenvalue weighted by atomic mass is 10.3. The van der Waals surface area contributed by atoms with Crippen molar-refractivity contribution in [2.45, 2.75) is 13.3 Å². The zero-order valence-corrected chi connectivity index (χ0v) is 11.6. The largest absolute Gasteiger partial charge is 0.359 e. The molecule has 1 aromatic carbocycles. The maximum atomic E-state index is 10.1. The summed E-state index contributed by atoms with van der Waals surface area (Å²) in [7, 11) is 1.63. The number of rotatable bonds is 1. The number of carbonyl (C=O) groups is 1. The van der Waals surface area contributed by atoms with Crippen LogP contribution in [0, 0.1) is 0 Å². The third-order valence-electron chi connectivity index (χ3n) is 1.92. The van der Waals surface area contributed by atoms with E-state index in [0.717, 1.165) is 9.99 Å². The Morgan fingerprint density at radius 3 is 2.88 bits per heavy atom. The monoisotopic (exact) mass is 300 g/mol. The van der Waals surface area contributed by atoms with Crippen LogP contribution in [0.5, 0.6) is 0 Å². The summed E-state index contributed by atoms with van der Waals surface area (Å²) in [5, 5.41) is 5.74. The second kappa shape index (κ2) is 6.60. The van der Waals surface area contributed by atoms with E-state index in [1.165, 1.54) is 16.9 Å². The Balaban J connectivity index is 0.000000187. The number of amides is 1. The Bertz CT molecular complexity index is 464. The van der Waals surface area contributed by atoms with Gasteiger partial charge in [0.15, 0.2) is 0 Å². The van der Waals surface area contributed by atoms with Gasteiger partial charge in [-0.15, -0.1) is 0 Å². The van der Waals surface area contributed by atoms with E-state index >= 15 is 0 Å². The first-order valence-electron chi connectivity index (χ1n) is 4.87. The van der Waals surface area contributed by atoms with Crippen LogP contribution in [0.1, 0.15) is 13.3 Å². The molecule has 0 unspecified atom stereocenters. The van der Waals surface area contributed by atoms with Gasteiger partial charge in [-0.05, 0) is 23.7 Å². The number of fused-ring (bicyclic) bond motifs is 1. The van der Waals surface area contributed by atoms with Crippen LogP contribution in [0.3, 0.4) is 0 Å². The predicted octanol–water partition coefficient (Wildman–Crippen LogP) is 3.20. The molecule has 0 aliphatic rings. The first-order valence-corrected chi connectivity index (χ1v) is 6.50. The molecule has 0 radical (unpaired) electrons. The normalized spacial score (nSPS) is 9.44. The van der Waals surface area contributed by atoms with Gasteiger partial charge < -0.3 is 5.32 Å². The molecule has 3 nitrogen and oxygen atoms in total. The van der Waals surface area contributed by atoms with Crippen LogP contribution in [0.4, 0.5) is 0 Å². The van der Waals surface area contributed by atoms with E-state index in [4.69, 9.17) is 0 Å². The molecular weight excluding hydrogens is 288 g/mol. The summed E-state index contributed by atoms with van der Waals surface area (Å²) in [6, 6.07) is 6.10. The molecule has 2 rings (SSSR count). The third-order valence-corrected chi connectivity index (χ3v) is 3.08. The molecule has 0 aliphatic heterocycles. The Morgan fingerprint density at radius 2 is 2.31 bits per heavy atom. The molecule has 0 spiro atoms. The van der Waals surface area contributed by atoms with Crippen molar-refractivity contribution < 1.29 is 4.79 Å². The van der Waals surface area contributed by atoms with Crippen LogP contribution in [-0.4, -0.2) is 17.3 Å². The standard InChI is InChI=1S/C7H4BrNS.C4H9NO/c8-6-2-1-5-4-10-9-7(5)3-6;1-3-4(6)5-2/h1-4H;3H2,1-2H3,(H,5,6). The molecule has 5 heteroatoms. The molecular formula is C11H13BrN2OS. The van der Waals surface area contributed by atoms with Gasteiger partial charge in [0.25, 0.3) is 0 Å². The minimum atomic E-state index is 0.0926. The molecule has 1 heterocycles. The lowest BCUT2D eigenvalue weighted by molar-refractivity contribution is -0.120. The van der Waals surface area contributed by atoms with Gasteiger partial charge in [-0.25, -0.2) is 0 Å². The fraction of sp³-hybridized carbons (Fsp3) is 0.273. The van der Waals surface area contributed by atoms with Crippen molar-refractivity contribution >= 4 is 44.3 Å². The van der Waals surface area contributed by atoms with Gasteiger partial charge in [-0.1, -0.05) is 28.9 Å². The molecule has 1 N–H and O–H groups in total. The molecule has 0 saturated carbocycles. The van der Waals surface area contributed by atoms with Crippen LogP contribution >= 0.6 is 27.5 Å². The summed E-state index contributed by atoms with van der Waals surface area (Å²) in [6.07, 6.45) is 0.580. The summed E-state index contributed by atoms with van der Waals surface area (Å²) in [5.74, 6) is 0.0926. The van der Waals surface area contributed by atoms with Crippen molar-refractivity contribution in [1.29, 1.82) is 0 Å². The fourth-order valence-corrected chi connectivity index (χ4v) is 2.00. The summed E-state index contributed by atoms with van der Waals surface area (Å²) >= 11 is 4.87. The predicted molar refractivity (Wildman–Crippen MR) is 71.7 cm³/mol. The molecule has 0 bridgehead atoms. The van der Waals surface area contributed by atoms with E-state index < -0.39 is 0 Å². The van der Waals surface area contributed by atoms with Crippen LogP contribution in [-0.2, 0) is 4.79 Å². The first kappa shape index (κ1) is 13.1. The average Bonchev–Trinajstić information content (AvgIpc) is 2.75. The molecule has 0 aliphatic carbocycles.